The maximum atomic E-state index is 13.3. The first-order valence-corrected chi connectivity index (χ1v) is 13.7. The van der Waals surface area contributed by atoms with Crippen molar-refractivity contribution in [3.8, 4) is 16.9 Å². The maximum Gasteiger partial charge on any atom is 0.339 e. The highest BCUT2D eigenvalue weighted by Gasteiger charge is 2.36. The fourth-order valence-electron chi connectivity index (χ4n) is 5.53. The van der Waals surface area contributed by atoms with Gasteiger partial charge in [-0.15, -0.1) is 0 Å². The van der Waals surface area contributed by atoms with Crippen molar-refractivity contribution in [3.63, 3.8) is 0 Å². The van der Waals surface area contributed by atoms with Crippen LogP contribution in [0.25, 0.3) is 22.2 Å². The van der Waals surface area contributed by atoms with Crippen LogP contribution in [0, 0.1) is 20.8 Å². The Balaban J connectivity index is 1.86. The van der Waals surface area contributed by atoms with Crippen LogP contribution in [0.3, 0.4) is 0 Å². The Morgan fingerprint density at radius 2 is 1.97 bits per heavy atom. The zero-order valence-electron chi connectivity index (χ0n) is 23.4. The van der Waals surface area contributed by atoms with Gasteiger partial charge in [-0.2, -0.15) is 0 Å². The molecule has 0 aliphatic carbocycles. The summed E-state index contributed by atoms with van der Waals surface area (Å²) in [6.45, 7) is 14.1. The topological polar surface area (TPSA) is 71.8 Å². The summed E-state index contributed by atoms with van der Waals surface area (Å²) in [6, 6.07) is 3.98. The van der Waals surface area contributed by atoms with E-state index >= 15 is 0 Å². The molecule has 1 unspecified atom stereocenters. The third-order valence-electron chi connectivity index (χ3n) is 7.61. The van der Waals surface area contributed by atoms with Crippen molar-refractivity contribution in [1.29, 1.82) is 0 Å². The van der Waals surface area contributed by atoms with Gasteiger partial charge in [-0.3, -0.25) is 0 Å². The molecule has 204 valence electrons. The molecular weight excluding hydrogens is 504 g/mol. The van der Waals surface area contributed by atoms with Crippen LogP contribution in [0.4, 0.5) is 0 Å². The molecule has 5 rings (SSSR count). The summed E-state index contributed by atoms with van der Waals surface area (Å²) in [5, 5.41) is 1.61. The zero-order valence-corrected chi connectivity index (χ0v) is 24.1. The number of pyridine rings is 1. The third-order valence-corrected chi connectivity index (χ3v) is 8.04. The van der Waals surface area contributed by atoms with E-state index in [0.29, 0.717) is 22.9 Å². The number of esters is 1. The van der Waals surface area contributed by atoms with Gasteiger partial charge in [0.05, 0.1) is 37.0 Å². The number of hydrogen-bond donors (Lipinski definition) is 0. The van der Waals surface area contributed by atoms with Crippen molar-refractivity contribution in [2.24, 2.45) is 0 Å². The summed E-state index contributed by atoms with van der Waals surface area (Å²) in [4.78, 5) is 18.4. The number of halogens is 1. The van der Waals surface area contributed by atoms with Crippen LogP contribution in [-0.4, -0.2) is 47.5 Å². The minimum Gasteiger partial charge on any atom is -0.493 e. The highest BCUT2D eigenvalue weighted by atomic mass is 35.5. The quantitative estimate of drug-likeness (QED) is 0.336. The van der Waals surface area contributed by atoms with Crippen molar-refractivity contribution in [1.82, 2.24) is 9.55 Å². The summed E-state index contributed by atoms with van der Waals surface area (Å²) in [5.74, 6) is 0.344. The van der Waals surface area contributed by atoms with E-state index in [1.54, 1.807) is 0 Å². The highest BCUT2D eigenvalue weighted by Crippen LogP contribution is 2.47. The zero-order chi connectivity index (χ0) is 27.4. The molecule has 0 N–H and O–H groups in total. The third kappa shape index (κ3) is 4.69. The van der Waals surface area contributed by atoms with Gasteiger partial charge in [0.25, 0.3) is 0 Å². The molecule has 0 spiro atoms. The number of aryl methyl sites for hydroxylation is 2. The van der Waals surface area contributed by atoms with Crippen LogP contribution in [-0.2, 0) is 32.0 Å². The summed E-state index contributed by atoms with van der Waals surface area (Å²) in [6.07, 6.45) is 1.96. The van der Waals surface area contributed by atoms with Crippen molar-refractivity contribution in [2.45, 2.75) is 85.2 Å². The predicted molar refractivity (Wildman–Crippen MR) is 148 cm³/mol. The molecule has 2 aliphatic heterocycles. The second-order valence-electron chi connectivity index (χ2n) is 11.3. The maximum absolute atomic E-state index is 13.3. The molecule has 2 aliphatic rings. The average molecular weight is 541 g/mol. The fraction of sp³-hybridized carbons (Fsp3) is 0.533. The molecule has 0 amide bonds. The Hall–Kier alpha value is -2.61. The summed E-state index contributed by atoms with van der Waals surface area (Å²) in [7, 11) is 1.38. The Morgan fingerprint density at radius 3 is 2.61 bits per heavy atom. The Bertz CT molecular complexity index is 1400. The van der Waals surface area contributed by atoms with Gasteiger partial charge in [0.2, 0.25) is 0 Å². The number of carbonyl (C=O) groups excluding carboxylic acids is 1. The molecule has 3 aromatic rings. The van der Waals surface area contributed by atoms with Crippen LogP contribution < -0.4 is 4.74 Å². The lowest BCUT2D eigenvalue weighted by molar-refractivity contribution is -0.164. The van der Waals surface area contributed by atoms with Crippen LogP contribution in [0.5, 0.6) is 5.75 Å². The molecule has 0 bridgehead atoms. The largest absolute Gasteiger partial charge is 0.493 e. The number of hydrogen-bond acceptors (Lipinski definition) is 6. The van der Waals surface area contributed by atoms with E-state index in [0.717, 1.165) is 77.1 Å². The molecule has 0 radical (unpaired) electrons. The second-order valence-corrected chi connectivity index (χ2v) is 11.7. The number of rotatable bonds is 6. The van der Waals surface area contributed by atoms with E-state index in [2.05, 4.69) is 18.4 Å². The van der Waals surface area contributed by atoms with Crippen molar-refractivity contribution in [3.05, 3.63) is 45.2 Å². The Labute approximate surface area is 229 Å². The molecule has 38 heavy (non-hydrogen) atoms. The number of methoxy groups -OCH3 is 1. The van der Waals surface area contributed by atoms with E-state index < -0.39 is 17.7 Å². The first kappa shape index (κ1) is 27.0. The van der Waals surface area contributed by atoms with E-state index in [-0.39, 0.29) is 6.10 Å². The van der Waals surface area contributed by atoms with E-state index in [1.165, 1.54) is 7.11 Å². The molecule has 7 nitrogen and oxygen atoms in total. The lowest BCUT2D eigenvalue weighted by Gasteiger charge is -2.30. The van der Waals surface area contributed by atoms with Crippen molar-refractivity contribution < 1.29 is 23.7 Å². The average Bonchev–Trinajstić information content (AvgIpc) is 3.07. The lowest BCUT2D eigenvalue weighted by Crippen LogP contribution is -2.31. The number of carbonyl (C=O) groups is 1. The molecule has 1 fully saturated rings. The van der Waals surface area contributed by atoms with Gasteiger partial charge in [0, 0.05) is 45.6 Å². The van der Waals surface area contributed by atoms with Gasteiger partial charge in [0.15, 0.2) is 6.10 Å². The van der Waals surface area contributed by atoms with Gasteiger partial charge in [0.1, 0.15) is 11.4 Å². The predicted octanol–water partition coefficient (Wildman–Crippen LogP) is 6.43. The lowest BCUT2D eigenvalue weighted by atomic mass is 9.89. The van der Waals surface area contributed by atoms with Crippen molar-refractivity contribution >= 4 is 28.6 Å². The van der Waals surface area contributed by atoms with Gasteiger partial charge in [-0.05, 0) is 78.5 Å². The number of benzene rings is 1. The van der Waals surface area contributed by atoms with Crippen LogP contribution in [0.15, 0.2) is 12.1 Å². The minimum absolute atomic E-state index is 0.172. The standard InChI is InChI=1S/C30H37ClN2O5/c1-16-18(3)33(15-19-12-14-36-19)28-23(16)25(21-10-11-22-20(26(21)31)9-8-13-37-22)24(17(2)32-28)27(29(34)35-7)38-30(4,5)6/h10-11,19,27H,8-9,12-15H2,1-7H3/t19?,27-/m0/s1. The molecule has 1 saturated heterocycles. The van der Waals surface area contributed by atoms with E-state index in [9.17, 15) is 4.79 Å². The number of nitrogens with zero attached hydrogens (tertiary/aromatic N) is 2. The first-order valence-electron chi connectivity index (χ1n) is 13.3. The molecular formula is C30H37ClN2O5. The first-order chi connectivity index (χ1) is 18.0. The van der Waals surface area contributed by atoms with Gasteiger partial charge in [-0.1, -0.05) is 11.6 Å². The molecule has 8 heteroatoms. The van der Waals surface area contributed by atoms with E-state index in [4.69, 9.17) is 35.5 Å². The van der Waals surface area contributed by atoms with E-state index in [1.807, 2.05) is 39.8 Å². The SMILES string of the molecule is COC(=O)[C@@H](OC(C)(C)C)c1c(C)nc2c(c(C)c(C)n2CC2CCO2)c1-c1ccc2c(c1Cl)CCCO2. The van der Waals surface area contributed by atoms with Crippen LogP contribution in [0.1, 0.15) is 67.8 Å². The normalized spacial score (nSPS) is 18.1. The molecule has 2 aromatic heterocycles. The Kier molecular flexibility index (Phi) is 7.22. The summed E-state index contributed by atoms with van der Waals surface area (Å²) in [5.41, 5.74) is 6.53. The number of ether oxygens (including phenoxy) is 4. The smallest absolute Gasteiger partial charge is 0.339 e. The van der Waals surface area contributed by atoms with Crippen LogP contribution in [0.2, 0.25) is 5.02 Å². The van der Waals surface area contributed by atoms with Crippen LogP contribution >= 0.6 is 11.6 Å². The molecule has 2 atom stereocenters. The van der Waals surface area contributed by atoms with Gasteiger partial charge in [-0.25, -0.2) is 9.78 Å². The molecule has 1 aromatic carbocycles. The monoisotopic (exact) mass is 540 g/mol. The Morgan fingerprint density at radius 1 is 1.24 bits per heavy atom. The van der Waals surface area contributed by atoms with Gasteiger partial charge < -0.3 is 23.5 Å². The molecule has 4 heterocycles. The number of fused-ring (bicyclic) bond motifs is 2. The van der Waals surface area contributed by atoms with Crippen molar-refractivity contribution in [2.75, 3.05) is 20.3 Å². The highest BCUT2D eigenvalue weighted by molar-refractivity contribution is 6.35. The fourth-order valence-corrected chi connectivity index (χ4v) is 5.88. The van der Waals surface area contributed by atoms with Gasteiger partial charge >= 0.3 is 5.97 Å². The number of aromatic nitrogens is 2. The molecule has 0 saturated carbocycles. The minimum atomic E-state index is -0.978. The summed E-state index contributed by atoms with van der Waals surface area (Å²) >= 11 is 7.17. The summed E-state index contributed by atoms with van der Waals surface area (Å²) < 4.78 is 25.6. The second kappa shape index (κ2) is 10.2.